The number of hydrogen-bond acceptors (Lipinski definition) is 9. The summed E-state index contributed by atoms with van der Waals surface area (Å²) in [6.07, 6.45) is -0.586. The first-order chi connectivity index (χ1) is 15.7. The summed E-state index contributed by atoms with van der Waals surface area (Å²) in [5, 5.41) is 26.6. The molecule has 2 heterocycles. The van der Waals surface area contributed by atoms with Crippen LogP contribution in [0.25, 0.3) is 0 Å². The van der Waals surface area contributed by atoms with Gasteiger partial charge in [-0.25, -0.2) is 4.79 Å². The summed E-state index contributed by atoms with van der Waals surface area (Å²) < 4.78 is 0. The second kappa shape index (κ2) is 9.89. The molecule has 176 valence electrons. The fraction of sp³-hybridized carbons (Fsp3) is 0.350. The Morgan fingerprint density at radius 3 is 2.61 bits per heavy atom. The highest BCUT2D eigenvalue weighted by Crippen LogP contribution is 2.25. The van der Waals surface area contributed by atoms with Crippen LogP contribution in [0, 0.1) is 0 Å². The zero-order valence-corrected chi connectivity index (χ0v) is 17.8. The third-order valence-electron chi connectivity index (χ3n) is 5.26. The Morgan fingerprint density at radius 1 is 1.27 bits per heavy atom. The van der Waals surface area contributed by atoms with Crippen molar-refractivity contribution in [1.29, 1.82) is 0 Å². The van der Waals surface area contributed by atoms with Gasteiger partial charge in [0.1, 0.15) is 11.7 Å². The number of fused-ring (bicyclic) bond motifs is 1. The third kappa shape index (κ3) is 5.70. The van der Waals surface area contributed by atoms with Gasteiger partial charge in [-0.05, 0) is 30.7 Å². The van der Waals surface area contributed by atoms with Crippen molar-refractivity contribution >= 4 is 41.0 Å². The SMILES string of the molecule is CN1c2c(nc(N)[nH]c2=O)NC[C@@H]1CNc1ccc(C(=O)N[13C@@H]([13CH2][13CH2][13C](=O)O)[13C](=O)O)cc1. The van der Waals surface area contributed by atoms with Gasteiger partial charge >= 0.3 is 11.9 Å². The number of carbonyl (C=O) groups is 3. The lowest BCUT2D eigenvalue weighted by atomic mass is 10.1. The number of nitrogens with zero attached hydrogens (tertiary/aromatic N) is 2. The maximum Gasteiger partial charge on any atom is 0.326 e. The van der Waals surface area contributed by atoms with Gasteiger partial charge in [-0.3, -0.25) is 19.4 Å². The summed E-state index contributed by atoms with van der Waals surface area (Å²) in [7, 11) is 1.79. The van der Waals surface area contributed by atoms with E-state index < -0.39 is 23.9 Å². The fourth-order valence-corrected chi connectivity index (χ4v) is 3.42. The van der Waals surface area contributed by atoms with E-state index in [9.17, 15) is 24.3 Å². The first kappa shape index (κ1) is 23.4. The molecule has 13 nitrogen and oxygen atoms in total. The number of hydrogen-bond donors (Lipinski definition) is 7. The number of H-pyrrole nitrogens is 1. The predicted octanol–water partition coefficient (Wildman–Crippen LogP) is -0.258. The largest absolute Gasteiger partial charge is 0.481 e. The van der Waals surface area contributed by atoms with Gasteiger partial charge in [-0.15, -0.1) is 0 Å². The van der Waals surface area contributed by atoms with Crippen molar-refractivity contribution in [3.63, 3.8) is 0 Å². The van der Waals surface area contributed by atoms with E-state index in [1.807, 2.05) is 4.90 Å². The molecule has 1 aliphatic rings. The smallest absolute Gasteiger partial charge is 0.326 e. The molecular weight excluding hydrogens is 439 g/mol. The van der Waals surface area contributed by atoms with Gasteiger partial charge in [-0.2, -0.15) is 4.98 Å². The van der Waals surface area contributed by atoms with E-state index in [1.165, 1.54) is 12.1 Å². The van der Waals surface area contributed by atoms with Crippen LogP contribution in [0.15, 0.2) is 29.1 Å². The van der Waals surface area contributed by atoms with Crippen LogP contribution in [0.3, 0.4) is 0 Å². The summed E-state index contributed by atoms with van der Waals surface area (Å²) in [6.45, 7) is 1.01. The molecule has 8 N–H and O–H groups in total. The molecule has 1 aromatic carbocycles. The Labute approximate surface area is 188 Å². The minimum Gasteiger partial charge on any atom is -0.481 e. The predicted molar refractivity (Wildman–Crippen MR) is 121 cm³/mol. The molecule has 0 fully saturated rings. The van der Waals surface area contributed by atoms with Crippen LogP contribution in [0.1, 0.15) is 23.2 Å². The van der Waals surface area contributed by atoms with Gasteiger partial charge in [0.25, 0.3) is 11.5 Å². The molecule has 0 spiro atoms. The number of anilines is 4. The van der Waals surface area contributed by atoms with E-state index in [4.69, 9.17) is 10.8 Å². The number of aromatic nitrogens is 2. The van der Waals surface area contributed by atoms with Crippen molar-refractivity contribution < 1.29 is 24.6 Å². The summed E-state index contributed by atoms with van der Waals surface area (Å²) in [6, 6.07) is 5.03. The number of aromatic amines is 1. The lowest BCUT2D eigenvalue weighted by Crippen LogP contribution is -2.48. The molecule has 0 aliphatic carbocycles. The van der Waals surface area contributed by atoms with E-state index in [1.54, 1.807) is 19.2 Å². The molecule has 3 rings (SSSR count). The van der Waals surface area contributed by atoms with Crippen molar-refractivity contribution in [3.05, 3.63) is 40.2 Å². The van der Waals surface area contributed by atoms with Gasteiger partial charge in [0.2, 0.25) is 5.95 Å². The summed E-state index contributed by atoms with van der Waals surface area (Å²) in [5.74, 6) is -2.59. The van der Waals surface area contributed by atoms with Crippen LogP contribution >= 0.6 is 0 Å². The minimum atomic E-state index is -1.30. The molecule has 0 bridgehead atoms. The molecule has 0 saturated carbocycles. The number of benzene rings is 1. The first-order valence-corrected chi connectivity index (χ1v) is 10.1. The first-order valence-electron chi connectivity index (χ1n) is 10.1. The van der Waals surface area contributed by atoms with E-state index in [-0.39, 0.29) is 36.0 Å². The van der Waals surface area contributed by atoms with Gasteiger partial charge < -0.3 is 36.8 Å². The summed E-state index contributed by atoms with van der Waals surface area (Å²) >= 11 is 0. The van der Waals surface area contributed by atoms with Gasteiger partial charge in [0.05, 0.1) is 6.04 Å². The normalized spacial score (nSPS) is 15.7. The Kier molecular flexibility index (Phi) is 7.00. The molecule has 2 atom stereocenters. The Bertz CT molecular complexity index is 1100. The molecule has 13 heteroatoms. The van der Waals surface area contributed by atoms with Crippen LogP contribution in [-0.2, 0) is 9.59 Å². The van der Waals surface area contributed by atoms with Gasteiger partial charge in [0, 0.05) is 37.8 Å². The number of nitrogens with one attached hydrogen (secondary N) is 4. The van der Waals surface area contributed by atoms with E-state index in [0.29, 0.717) is 24.6 Å². The number of carbonyl (C=O) groups excluding carboxylic acids is 1. The summed E-state index contributed by atoms with van der Waals surface area (Å²) in [4.78, 5) is 54.9. The highest BCUT2D eigenvalue weighted by molar-refractivity contribution is 5.96. The van der Waals surface area contributed by atoms with Crippen molar-refractivity contribution in [1.82, 2.24) is 15.3 Å². The van der Waals surface area contributed by atoms with Crippen molar-refractivity contribution in [2.45, 2.75) is 24.9 Å². The lowest BCUT2D eigenvalue weighted by Gasteiger charge is -2.35. The van der Waals surface area contributed by atoms with E-state index >= 15 is 0 Å². The van der Waals surface area contributed by atoms with Crippen molar-refractivity contribution in [2.24, 2.45) is 0 Å². The van der Waals surface area contributed by atoms with Crippen LogP contribution < -0.4 is 32.1 Å². The molecule has 33 heavy (non-hydrogen) atoms. The molecule has 0 radical (unpaired) electrons. The van der Waals surface area contributed by atoms with Crippen LogP contribution in [-0.4, -0.2) is 70.2 Å². The highest BCUT2D eigenvalue weighted by atomic mass is 16.5. The monoisotopic (exact) mass is 464 g/mol. The summed E-state index contributed by atoms with van der Waals surface area (Å²) in [5.41, 5.74) is 6.59. The molecule has 1 aromatic heterocycles. The Morgan fingerprint density at radius 2 is 1.97 bits per heavy atom. The number of amides is 1. The number of rotatable bonds is 9. The third-order valence-corrected chi connectivity index (χ3v) is 5.26. The maximum atomic E-state index is 12.3. The quantitative estimate of drug-likeness (QED) is 0.241. The van der Waals surface area contributed by atoms with Crippen molar-refractivity contribution in [2.75, 3.05) is 41.4 Å². The number of likely N-dealkylation sites (N-methyl/N-ethyl adjacent to an activating group) is 1. The maximum absolute atomic E-state index is 12.3. The molecule has 2 aromatic rings. The number of carboxylic acid groups (broad SMARTS) is 2. The van der Waals surface area contributed by atoms with E-state index in [0.717, 1.165) is 5.69 Å². The van der Waals surface area contributed by atoms with Crippen LogP contribution in [0.4, 0.5) is 23.1 Å². The average molecular weight is 464 g/mol. The molecular formula is C20H25N7O6. The number of carboxylic acids is 2. The van der Waals surface area contributed by atoms with Gasteiger partial charge in [0.15, 0.2) is 5.82 Å². The highest BCUT2D eigenvalue weighted by Gasteiger charge is 2.27. The fourth-order valence-electron chi connectivity index (χ4n) is 3.42. The zero-order chi connectivity index (χ0) is 24.1. The molecule has 1 aliphatic heterocycles. The average Bonchev–Trinajstić information content (AvgIpc) is 2.75. The Balaban J connectivity index is 1.58. The zero-order valence-electron chi connectivity index (χ0n) is 17.8. The number of nitrogens with two attached hydrogens (primary N) is 1. The van der Waals surface area contributed by atoms with Gasteiger partial charge in [-0.1, -0.05) is 0 Å². The van der Waals surface area contributed by atoms with Crippen molar-refractivity contribution in [3.8, 4) is 0 Å². The molecule has 1 amide bonds. The second-order valence-corrected chi connectivity index (χ2v) is 7.55. The topological polar surface area (TPSA) is 203 Å². The number of aliphatic carboxylic acids is 2. The molecule has 0 unspecified atom stereocenters. The lowest BCUT2D eigenvalue weighted by molar-refractivity contribution is -0.140. The molecule has 0 saturated heterocycles. The van der Waals surface area contributed by atoms with E-state index in [2.05, 4.69) is 25.9 Å². The van der Waals surface area contributed by atoms with Crippen LogP contribution in [0.2, 0.25) is 0 Å². The minimum absolute atomic E-state index is 0.0388. The standard InChI is InChI=1S/C20H25N7O6/c1-27-12(9-23-16-15(27)18(31)26-20(21)25-16)8-22-11-4-2-10(3-5-11)17(30)24-13(19(32)33)6-7-14(28)29/h2-5,12-13,22H,6-9H2,1H3,(H,24,30)(H,28,29)(H,32,33)(H4,21,23,25,26,31)/t12-,13-/m0/s1/i6+1,7+1,13+1,14+1,19+1. The van der Waals surface area contributed by atoms with Crippen LogP contribution in [0.5, 0.6) is 0 Å². The Hall–Kier alpha value is -4.29. The number of nitrogen functional groups attached to an aromatic ring is 1. The second-order valence-electron chi connectivity index (χ2n) is 7.55.